The van der Waals surface area contributed by atoms with E-state index >= 15 is 0 Å². The van der Waals surface area contributed by atoms with Crippen molar-refractivity contribution in [2.24, 2.45) is 0 Å². The summed E-state index contributed by atoms with van der Waals surface area (Å²) in [6.45, 7) is 5.25. The molecule has 0 atom stereocenters. The summed E-state index contributed by atoms with van der Waals surface area (Å²) in [4.78, 5) is 9.08. The Labute approximate surface area is 121 Å². The average Bonchev–Trinajstić information content (AvgIpc) is 2.40. The predicted molar refractivity (Wildman–Crippen MR) is 76.5 cm³/mol. The lowest BCUT2D eigenvalue weighted by molar-refractivity contribution is 0.0650. The van der Waals surface area contributed by atoms with E-state index < -0.39 is 7.82 Å². The van der Waals surface area contributed by atoms with Crippen LogP contribution in [0.15, 0.2) is 0 Å². The zero-order chi connectivity index (χ0) is 15.7. The van der Waals surface area contributed by atoms with Crippen molar-refractivity contribution in [2.45, 2.75) is 39.5 Å². The molecular weight excluding hydrogens is 287 g/mol. The fourth-order valence-electron chi connectivity index (χ4n) is 0.917. The second kappa shape index (κ2) is 17.0. The highest BCUT2D eigenvalue weighted by atomic mass is 31.2. The van der Waals surface area contributed by atoms with Gasteiger partial charge in [-0.25, -0.2) is 4.57 Å². The molecule has 0 radical (unpaired) electrons. The molecule has 0 aliphatic carbocycles. The Bertz CT molecular complexity index is 208. The van der Waals surface area contributed by atoms with E-state index in [0.29, 0.717) is 13.2 Å². The molecule has 0 spiro atoms. The molecule has 20 heavy (non-hydrogen) atoms. The van der Waals surface area contributed by atoms with Crippen molar-refractivity contribution in [1.82, 2.24) is 0 Å². The number of ether oxygens (including phenoxy) is 1. The minimum atomic E-state index is -3.75. The Kier molecular flexibility index (Phi) is 19.0. The van der Waals surface area contributed by atoms with Crippen molar-refractivity contribution in [1.29, 1.82) is 0 Å². The van der Waals surface area contributed by atoms with E-state index in [9.17, 15) is 4.57 Å². The van der Waals surface area contributed by atoms with Crippen LogP contribution in [0.5, 0.6) is 0 Å². The molecule has 0 unspecified atom stereocenters. The molecule has 0 aliphatic rings. The zero-order valence-electron chi connectivity index (χ0n) is 12.5. The molecule has 0 bridgehead atoms. The first-order valence-corrected chi connectivity index (χ1v) is 8.44. The maximum atomic E-state index is 11.1. The van der Waals surface area contributed by atoms with E-state index in [2.05, 4.69) is 4.74 Å². The van der Waals surface area contributed by atoms with Crippen LogP contribution in [0.3, 0.4) is 0 Å². The van der Waals surface area contributed by atoms with Crippen LogP contribution >= 0.6 is 7.82 Å². The van der Waals surface area contributed by atoms with Crippen LogP contribution in [0.25, 0.3) is 0 Å². The monoisotopic (exact) mass is 316 g/mol. The van der Waals surface area contributed by atoms with Gasteiger partial charge < -0.3 is 19.8 Å². The Morgan fingerprint density at radius 3 is 1.55 bits per heavy atom. The van der Waals surface area contributed by atoms with Gasteiger partial charge in [-0.1, -0.05) is 26.7 Å². The quantitative estimate of drug-likeness (QED) is 0.372. The van der Waals surface area contributed by atoms with Crippen LogP contribution in [0.1, 0.15) is 39.5 Å². The second-order valence-corrected chi connectivity index (χ2v) is 5.36. The van der Waals surface area contributed by atoms with E-state index in [1.807, 2.05) is 13.8 Å². The SMILES string of the molecule is CCCCOP(=O)(O)OCCCC.OCCOCCO. The average molecular weight is 316 g/mol. The summed E-state index contributed by atoms with van der Waals surface area (Å²) in [5.41, 5.74) is 0. The summed E-state index contributed by atoms with van der Waals surface area (Å²) in [5, 5.41) is 16.2. The number of hydrogen-bond acceptors (Lipinski definition) is 6. The minimum absolute atomic E-state index is 0.0278. The highest BCUT2D eigenvalue weighted by molar-refractivity contribution is 7.47. The van der Waals surface area contributed by atoms with E-state index in [1.165, 1.54) is 0 Å². The Balaban J connectivity index is 0. The third-order valence-corrected chi connectivity index (χ3v) is 2.99. The Hall–Kier alpha value is -0.0100. The molecule has 7 nitrogen and oxygen atoms in total. The van der Waals surface area contributed by atoms with Gasteiger partial charge in [0.25, 0.3) is 0 Å². The Morgan fingerprint density at radius 2 is 1.25 bits per heavy atom. The molecule has 0 fully saturated rings. The lowest BCUT2D eigenvalue weighted by atomic mass is 10.4. The number of aliphatic hydroxyl groups is 2. The fraction of sp³-hybridized carbons (Fsp3) is 1.00. The first kappa shape index (κ1) is 22.3. The van der Waals surface area contributed by atoms with Crippen molar-refractivity contribution >= 4 is 7.82 Å². The van der Waals surface area contributed by atoms with Gasteiger partial charge in [0.05, 0.1) is 39.6 Å². The maximum absolute atomic E-state index is 11.1. The second-order valence-electron chi connectivity index (χ2n) is 3.90. The predicted octanol–water partition coefficient (Wildman–Crippen LogP) is 1.71. The number of unbranched alkanes of at least 4 members (excludes halogenated alkanes) is 2. The number of aliphatic hydroxyl groups excluding tert-OH is 2. The molecule has 0 amide bonds. The third kappa shape index (κ3) is 20.3. The minimum Gasteiger partial charge on any atom is -0.394 e. The van der Waals surface area contributed by atoms with Gasteiger partial charge in [0, 0.05) is 0 Å². The molecule has 124 valence electrons. The summed E-state index contributed by atoms with van der Waals surface area (Å²) in [7, 11) is -3.75. The van der Waals surface area contributed by atoms with Gasteiger partial charge in [0.2, 0.25) is 0 Å². The molecule has 0 aromatic carbocycles. The van der Waals surface area contributed by atoms with Crippen LogP contribution in [0.4, 0.5) is 0 Å². The van der Waals surface area contributed by atoms with E-state index in [0.717, 1.165) is 25.7 Å². The van der Waals surface area contributed by atoms with Crippen LogP contribution < -0.4 is 0 Å². The van der Waals surface area contributed by atoms with Crippen LogP contribution in [-0.4, -0.2) is 54.7 Å². The van der Waals surface area contributed by atoms with Crippen molar-refractivity contribution in [2.75, 3.05) is 39.6 Å². The topological polar surface area (TPSA) is 105 Å². The summed E-state index contributed by atoms with van der Waals surface area (Å²) in [6, 6.07) is 0. The van der Waals surface area contributed by atoms with Gasteiger partial charge in [-0.3, -0.25) is 9.05 Å². The third-order valence-electron chi connectivity index (χ3n) is 1.98. The van der Waals surface area contributed by atoms with Crippen molar-refractivity contribution < 1.29 is 33.5 Å². The summed E-state index contributed by atoms with van der Waals surface area (Å²) in [5.74, 6) is 0. The van der Waals surface area contributed by atoms with Crippen molar-refractivity contribution in [3.05, 3.63) is 0 Å². The van der Waals surface area contributed by atoms with Crippen molar-refractivity contribution in [3.8, 4) is 0 Å². The summed E-state index contributed by atoms with van der Waals surface area (Å²) >= 11 is 0. The number of rotatable bonds is 12. The van der Waals surface area contributed by atoms with E-state index in [-0.39, 0.29) is 26.4 Å². The van der Waals surface area contributed by atoms with Gasteiger partial charge in [0.1, 0.15) is 0 Å². The van der Waals surface area contributed by atoms with Gasteiger partial charge in [-0.15, -0.1) is 0 Å². The molecule has 0 rings (SSSR count). The standard InChI is InChI=1S/C8H19O4P.C4H10O3/c1-3-5-7-11-13(9,10)12-8-6-4-2;5-1-3-7-4-2-6/h3-8H2,1-2H3,(H,9,10);5-6H,1-4H2. The summed E-state index contributed by atoms with van der Waals surface area (Å²) in [6.07, 6.45) is 3.44. The van der Waals surface area contributed by atoms with Crippen LogP contribution in [0, 0.1) is 0 Å². The maximum Gasteiger partial charge on any atom is 0.472 e. The molecule has 8 heteroatoms. The molecular formula is C12H29O7P. The van der Waals surface area contributed by atoms with Gasteiger partial charge in [-0.05, 0) is 12.8 Å². The molecule has 0 saturated carbocycles. The van der Waals surface area contributed by atoms with Crippen molar-refractivity contribution in [3.63, 3.8) is 0 Å². The molecule has 0 aromatic rings. The van der Waals surface area contributed by atoms with E-state index in [4.69, 9.17) is 24.2 Å². The Morgan fingerprint density at radius 1 is 0.850 bits per heavy atom. The van der Waals surface area contributed by atoms with Gasteiger partial charge in [0.15, 0.2) is 0 Å². The lowest BCUT2D eigenvalue weighted by Gasteiger charge is -2.10. The number of phosphoric ester groups is 1. The smallest absolute Gasteiger partial charge is 0.394 e. The summed E-state index contributed by atoms with van der Waals surface area (Å²) < 4.78 is 25.1. The first-order valence-electron chi connectivity index (χ1n) is 6.95. The highest BCUT2D eigenvalue weighted by Gasteiger charge is 2.19. The molecule has 0 aliphatic heterocycles. The number of hydrogen-bond donors (Lipinski definition) is 3. The molecule has 0 aromatic heterocycles. The zero-order valence-corrected chi connectivity index (χ0v) is 13.4. The van der Waals surface area contributed by atoms with Crippen LogP contribution in [0.2, 0.25) is 0 Å². The highest BCUT2D eigenvalue weighted by Crippen LogP contribution is 2.43. The molecule has 0 saturated heterocycles. The normalized spacial score (nSPS) is 11.1. The largest absolute Gasteiger partial charge is 0.472 e. The number of phosphoric acid groups is 1. The van der Waals surface area contributed by atoms with E-state index in [1.54, 1.807) is 0 Å². The molecule has 3 N–H and O–H groups in total. The van der Waals surface area contributed by atoms with Gasteiger partial charge in [-0.2, -0.15) is 0 Å². The first-order chi connectivity index (χ1) is 9.54. The van der Waals surface area contributed by atoms with Gasteiger partial charge >= 0.3 is 7.82 Å². The fourth-order valence-corrected chi connectivity index (χ4v) is 1.71. The lowest BCUT2D eigenvalue weighted by Crippen LogP contribution is -2.03. The molecule has 0 heterocycles. The van der Waals surface area contributed by atoms with Crippen LogP contribution in [-0.2, 0) is 18.3 Å².